The third-order valence-electron chi connectivity index (χ3n) is 2.77. The van der Waals surface area contributed by atoms with Gasteiger partial charge in [0.05, 0.1) is 5.71 Å². The summed E-state index contributed by atoms with van der Waals surface area (Å²) >= 11 is 0. The highest BCUT2D eigenvalue weighted by Crippen LogP contribution is 2.18. The van der Waals surface area contributed by atoms with E-state index in [1.165, 1.54) is 11.1 Å². The highest BCUT2D eigenvalue weighted by Gasteiger charge is 2.18. The van der Waals surface area contributed by atoms with E-state index in [-0.39, 0.29) is 18.4 Å². The van der Waals surface area contributed by atoms with Crippen LogP contribution in [-0.2, 0) is 12.8 Å². The van der Waals surface area contributed by atoms with Gasteiger partial charge in [0.15, 0.2) is 0 Å². The van der Waals surface area contributed by atoms with Crippen LogP contribution in [0.1, 0.15) is 17.5 Å². The summed E-state index contributed by atoms with van der Waals surface area (Å²) in [4.78, 5) is 0. The first-order valence-electron chi connectivity index (χ1n) is 4.84. The number of hydrogen-bond acceptors (Lipinski definition) is 3. The molecule has 3 N–H and O–H groups in total. The Kier molecular flexibility index (Phi) is 4.12. The molecular formula is C11H15ClN2O. The van der Waals surface area contributed by atoms with Crippen LogP contribution in [-0.4, -0.2) is 17.0 Å². The molecule has 1 aromatic rings. The summed E-state index contributed by atoms with van der Waals surface area (Å²) in [6.07, 6.45) is 2.50. The van der Waals surface area contributed by atoms with Gasteiger partial charge in [-0.05, 0) is 24.0 Å². The van der Waals surface area contributed by atoms with Crippen molar-refractivity contribution >= 4 is 18.1 Å². The number of oxime groups is 1. The molecule has 1 aliphatic rings. The topological polar surface area (TPSA) is 58.6 Å². The minimum Gasteiger partial charge on any atom is -0.411 e. The third kappa shape index (κ3) is 2.49. The van der Waals surface area contributed by atoms with Crippen molar-refractivity contribution in [1.82, 2.24) is 0 Å². The zero-order valence-electron chi connectivity index (χ0n) is 8.39. The van der Waals surface area contributed by atoms with Crippen LogP contribution in [0.25, 0.3) is 0 Å². The first-order valence-corrected chi connectivity index (χ1v) is 4.84. The van der Waals surface area contributed by atoms with Crippen LogP contribution in [0, 0.1) is 0 Å². The number of aryl methyl sites for hydroxylation is 1. The lowest BCUT2D eigenvalue weighted by atomic mass is 10.0. The molecule has 0 bridgehead atoms. The summed E-state index contributed by atoms with van der Waals surface area (Å²) in [5.74, 6) is 0. The molecule has 15 heavy (non-hydrogen) atoms. The molecule has 4 heteroatoms. The van der Waals surface area contributed by atoms with E-state index in [9.17, 15) is 0 Å². The van der Waals surface area contributed by atoms with E-state index < -0.39 is 0 Å². The van der Waals surface area contributed by atoms with Gasteiger partial charge in [0, 0.05) is 12.5 Å². The standard InChI is InChI=1S/C11H14N2O.ClH/c12-10-6-5-8-3-1-2-4-9(8)7-11(10)13-14;/h1-4,10,14H,5-7,12H2;1H. The van der Waals surface area contributed by atoms with Crippen LogP contribution < -0.4 is 5.73 Å². The van der Waals surface area contributed by atoms with Gasteiger partial charge in [0.2, 0.25) is 0 Å². The van der Waals surface area contributed by atoms with Gasteiger partial charge in [-0.3, -0.25) is 0 Å². The molecule has 2 rings (SSSR count). The maximum atomic E-state index is 8.82. The molecule has 0 aromatic heterocycles. The van der Waals surface area contributed by atoms with Gasteiger partial charge < -0.3 is 10.9 Å². The summed E-state index contributed by atoms with van der Waals surface area (Å²) in [6, 6.07) is 8.12. The van der Waals surface area contributed by atoms with Crippen LogP contribution in [0.15, 0.2) is 29.4 Å². The largest absolute Gasteiger partial charge is 0.411 e. The highest BCUT2D eigenvalue weighted by atomic mass is 35.5. The molecule has 0 radical (unpaired) electrons. The molecule has 1 aromatic carbocycles. The quantitative estimate of drug-likeness (QED) is 0.402. The third-order valence-corrected chi connectivity index (χ3v) is 2.77. The minimum absolute atomic E-state index is 0. The van der Waals surface area contributed by atoms with Gasteiger partial charge in [0.25, 0.3) is 0 Å². The zero-order chi connectivity index (χ0) is 9.97. The zero-order valence-corrected chi connectivity index (χ0v) is 9.20. The lowest BCUT2D eigenvalue weighted by molar-refractivity contribution is 0.315. The fraction of sp³-hybridized carbons (Fsp3) is 0.364. The van der Waals surface area contributed by atoms with Crippen LogP contribution in [0.3, 0.4) is 0 Å². The highest BCUT2D eigenvalue weighted by molar-refractivity contribution is 5.91. The van der Waals surface area contributed by atoms with Crippen molar-refractivity contribution in [3.63, 3.8) is 0 Å². The lowest BCUT2D eigenvalue weighted by Gasteiger charge is -2.07. The van der Waals surface area contributed by atoms with Crippen molar-refractivity contribution in [2.75, 3.05) is 0 Å². The predicted molar refractivity (Wildman–Crippen MR) is 62.9 cm³/mol. The van der Waals surface area contributed by atoms with E-state index in [4.69, 9.17) is 10.9 Å². The normalized spacial score (nSPS) is 22.7. The van der Waals surface area contributed by atoms with Crippen molar-refractivity contribution < 1.29 is 5.21 Å². The van der Waals surface area contributed by atoms with Crippen molar-refractivity contribution in [3.05, 3.63) is 35.4 Å². The maximum Gasteiger partial charge on any atom is 0.0781 e. The number of nitrogens with two attached hydrogens (primary N) is 1. The molecule has 0 saturated carbocycles. The number of benzene rings is 1. The molecule has 1 atom stereocenters. The van der Waals surface area contributed by atoms with E-state index in [0.717, 1.165) is 12.8 Å². The molecule has 0 fully saturated rings. The first kappa shape index (κ1) is 12.0. The van der Waals surface area contributed by atoms with Gasteiger partial charge in [-0.15, -0.1) is 12.4 Å². The van der Waals surface area contributed by atoms with Gasteiger partial charge in [-0.25, -0.2) is 0 Å². The van der Waals surface area contributed by atoms with Crippen LogP contribution in [0.4, 0.5) is 0 Å². The Bertz CT molecular complexity index is 365. The second-order valence-corrected chi connectivity index (χ2v) is 3.68. The van der Waals surface area contributed by atoms with Crippen LogP contribution in [0.2, 0.25) is 0 Å². The molecule has 0 aliphatic heterocycles. The summed E-state index contributed by atoms with van der Waals surface area (Å²) < 4.78 is 0. The average Bonchev–Trinajstić information content (AvgIpc) is 2.38. The Balaban J connectivity index is 0.00000112. The Hall–Kier alpha value is -1.06. The Labute approximate surface area is 95.4 Å². The number of halogens is 1. The predicted octanol–water partition coefficient (Wildman–Crippen LogP) is 1.75. The molecule has 1 aliphatic carbocycles. The first-order chi connectivity index (χ1) is 6.81. The second-order valence-electron chi connectivity index (χ2n) is 3.68. The fourth-order valence-electron chi connectivity index (χ4n) is 1.89. The Morgan fingerprint density at radius 1 is 1.27 bits per heavy atom. The summed E-state index contributed by atoms with van der Waals surface area (Å²) in [6.45, 7) is 0. The van der Waals surface area contributed by atoms with Gasteiger partial charge in [-0.2, -0.15) is 0 Å². The monoisotopic (exact) mass is 226 g/mol. The SMILES string of the molecule is Cl.NC1CCc2ccccc2CC1=NO. The molecule has 0 spiro atoms. The Morgan fingerprint density at radius 2 is 1.93 bits per heavy atom. The van der Waals surface area contributed by atoms with E-state index in [0.29, 0.717) is 12.1 Å². The molecule has 82 valence electrons. The smallest absolute Gasteiger partial charge is 0.0781 e. The van der Waals surface area contributed by atoms with Gasteiger partial charge in [0.1, 0.15) is 0 Å². The van der Waals surface area contributed by atoms with Gasteiger partial charge >= 0.3 is 0 Å². The fourth-order valence-corrected chi connectivity index (χ4v) is 1.89. The van der Waals surface area contributed by atoms with Crippen LogP contribution in [0.5, 0.6) is 0 Å². The van der Waals surface area contributed by atoms with Crippen molar-refractivity contribution in [2.24, 2.45) is 10.9 Å². The van der Waals surface area contributed by atoms with E-state index in [1.54, 1.807) is 0 Å². The molecule has 1 unspecified atom stereocenters. The molecule has 0 saturated heterocycles. The number of hydrogen-bond donors (Lipinski definition) is 2. The molecular weight excluding hydrogens is 212 g/mol. The van der Waals surface area contributed by atoms with Crippen molar-refractivity contribution in [1.29, 1.82) is 0 Å². The van der Waals surface area contributed by atoms with Crippen molar-refractivity contribution in [3.8, 4) is 0 Å². The Morgan fingerprint density at radius 3 is 2.60 bits per heavy atom. The van der Waals surface area contributed by atoms with Gasteiger partial charge in [-0.1, -0.05) is 29.4 Å². The molecule has 0 amide bonds. The lowest BCUT2D eigenvalue weighted by Crippen LogP contribution is -2.30. The number of nitrogens with zero attached hydrogens (tertiary/aromatic N) is 1. The van der Waals surface area contributed by atoms with E-state index in [2.05, 4.69) is 17.3 Å². The summed E-state index contributed by atoms with van der Waals surface area (Å²) in [5, 5.41) is 12.1. The van der Waals surface area contributed by atoms with Crippen molar-refractivity contribution in [2.45, 2.75) is 25.3 Å². The molecule has 3 nitrogen and oxygen atoms in total. The molecule has 0 heterocycles. The van der Waals surface area contributed by atoms with Crippen LogP contribution >= 0.6 is 12.4 Å². The summed E-state index contributed by atoms with van der Waals surface area (Å²) in [7, 11) is 0. The van der Waals surface area contributed by atoms with E-state index in [1.807, 2.05) is 12.1 Å². The number of rotatable bonds is 0. The average molecular weight is 227 g/mol. The van der Waals surface area contributed by atoms with E-state index >= 15 is 0 Å². The second kappa shape index (κ2) is 5.14. The summed E-state index contributed by atoms with van der Waals surface area (Å²) in [5.41, 5.74) is 9.12. The maximum absolute atomic E-state index is 8.82. The minimum atomic E-state index is -0.104. The number of fused-ring (bicyclic) bond motifs is 1.